The van der Waals surface area contributed by atoms with Crippen molar-refractivity contribution in [2.75, 3.05) is 19.7 Å². The van der Waals surface area contributed by atoms with Crippen LogP contribution in [0.5, 0.6) is 5.88 Å². The molecule has 0 radical (unpaired) electrons. The normalized spacial score (nSPS) is 19.4. The average Bonchev–Trinajstić information content (AvgIpc) is 3.11. The number of aromatic nitrogens is 1. The first-order valence-electron chi connectivity index (χ1n) is 8.00. The maximum atomic E-state index is 8.90. The second-order valence-electron chi connectivity index (χ2n) is 5.89. The maximum Gasteiger partial charge on any atom is 0.213 e. The molecule has 1 fully saturated rings. The lowest BCUT2D eigenvalue weighted by molar-refractivity contribution is 0.267. The Morgan fingerprint density at radius 2 is 1.79 bits per heavy atom. The minimum atomic E-state index is 0.440. The molecule has 1 saturated heterocycles. The molecular formula is C19H18N4O. The zero-order valence-corrected chi connectivity index (χ0v) is 13.3. The van der Waals surface area contributed by atoms with Gasteiger partial charge in [0, 0.05) is 24.7 Å². The molecule has 0 spiro atoms. The van der Waals surface area contributed by atoms with Crippen molar-refractivity contribution in [2.45, 2.75) is 12.3 Å². The van der Waals surface area contributed by atoms with E-state index < -0.39 is 0 Å². The Kier molecular flexibility index (Phi) is 5.05. The van der Waals surface area contributed by atoms with Crippen LogP contribution in [0.3, 0.4) is 0 Å². The van der Waals surface area contributed by atoms with Gasteiger partial charge in [-0.15, -0.1) is 0 Å². The largest absolute Gasteiger partial charge is 0.478 e. The Hall–Kier alpha value is -2.89. The second-order valence-corrected chi connectivity index (χ2v) is 5.89. The number of nitrogens with zero attached hydrogens (tertiary/aromatic N) is 3. The molecule has 1 N–H and O–H groups in total. The summed E-state index contributed by atoms with van der Waals surface area (Å²) in [5.41, 5.74) is 2.49. The van der Waals surface area contributed by atoms with E-state index in [1.165, 1.54) is 11.8 Å². The van der Waals surface area contributed by atoms with Crippen LogP contribution in [0.2, 0.25) is 0 Å². The average molecular weight is 318 g/mol. The predicted octanol–water partition coefficient (Wildman–Crippen LogP) is 2.60. The summed E-state index contributed by atoms with van der Waals surface area (Å²) in [6, 6.07) is 15.5. The van der Waals surface area contributed by atoms with E-state index >= 15 is 0 Å². The van der Waals surface area contributed by atoms with Crippen molar-refractivity contribution in [3.8, 4) is 18.0 Å². The van der Waals surface area contributed by atoms with Crippen molar-refractivity contribution < 1.29 is 4.74 Å². The summed E-state index contributed by atoms with van der Waals surface area (Å²) in [6.07, 6.45) is 2.45. The van der Waals surface area contributed by atoms with E-state index in [0.29, 0.717) is 35.4 Å². The molecule has 0 amide bonds. The lowest BCUT2D eigenvalue weighted by Crippen LogP contribution is -2.15. The second kappa shape index (κ2) is 7.59. The van der Waals surface area contributed by atoms with Crippen LogP contribution in [0.25, 0.3) is 0 Å². The molecule has 2 heterocycles. The van der Waals surface area contributed by atoms with Crippen LogP contribution in [0.15, 0.2) is 42.6 Å². The van der Waals surface area contributed by atoms with Crippen LogP contribution in [0.4, 0.5) is 0 Å². The third-order valence-electron chi connectivity index (χ3n) is 4.41. The summed E-state index contributed by atoms with van der Waals surface area (Å²) >= 11 is 0. The van der Waals surface area contributed by atoms with Gasteiger partial charge in [0.1, 0.15) is 6.07 Å². The van der Waals surface area contributed by atoms with Gasteiger partial charge in [0.2, 0.25) is 5.88 Å². The molecule has 3 rings (SSSR count). The molecular weight excluding hydrogens is 300 g/mol. The van der Waals surface area contributed by atoms with Crippen molar-refractivity contribution >= 4 is 0 Å². The highest BCUT2D eigenvalue weighted by atomic mass is 16.5. The SMILES string of the molecule is N#Cc1ccc(C2CNCC2CCOc2ccc(C#N)cn2)cc1. The number of pyridine rings is 1. The number of hydrogen-bond donors (Lipinski definition) is 1. The molecule has 0 aliphatic carbocycles. The summed E-state index contributed by atoms with van der Waals surface area (Å²) in [4.78, 5) is 4.12. The smallest absolute Gasteiger partial charge is 0.213 e. The van der Waals surface area contributed by atoms with Gasteiger partial charge in [-0.25, -0.2) is 4.98 Å². The lowest BCUT2D eigenvalue weighted by Gasteiger charge is -2.19. The Morgan fingerprint density at radius 3 is 2.46 bits per heavy atom. The van der Waals surface area contributed by atoms with E-state index in [-0.39, 0.29) is 0 Å². The first kappa shape index (κ1) is 16.0. The number of ether oxygens (including phenoxy) is 1. The number of nitriles is 2. The quantitative estimate of drug-likeness (QED) is 0.916. The van der Waals surface area contributed by atoms with E-state index in [2.05, 4.69) is 16.4 Å². The Morgan fingerprint density at radius 1 is 1.04 bits per heavy atom. The number of nitrogens with one attached hydrogen (secondary N) is 1. The highest BCUT2D eigenvalue weighted by molar-refractivity contribution is 5.34. The van der Waals surface area contributed by atoms with Gasteiger partial charge in [-0.1, -0.05) is 12.1 Å². The zero-order valence-electron chi connectivity index (χ0n) is 13.3. The van der Waals surface area contributed by atoms with E-state index in [1.807, 2.05) is 30.3 Å². The van der Waals surface area contributed by atoms with Gasteiger partial charge in [-0.3, -0.25) is 0 Å². The summed E-state index contributed by atoms with van der Waals surface area (Å²) in [6.45, 7) is 2.51. The fraction of sp³-hybridized carbons (Fsp3) is 0.316. The van der Waals surface area contributed by atoms with Gasteiger partial charge < -0.3 is 10.1 Å². The summed E-state index contributed by atoms with van der Waals surface area (Å²) in [5.74, 6) is 1.49. The fourth-order valence-electron chi connectivity index (χ4n) is 3.08. The van der Waals surface area contributed by atoms with Crippen LogP contribution in [-0.4, -0.2) is 24.7 Å². The first-order valence-corrected chi connectivity index (χ1v) is 8.00. The molecule has 0 bridgehead atoms. The molecule has 5 nitrogen and oxygen atoms in total. The molecule has 24 heavy (non-hydrogen) atoms. The van der Waals surface area contributed by atoms with Crippen LogP contribution >= 0.6 is 0 Å². The van der Waals surface area contributed by atoms with Gasteiger partial charge in [0.25, 0.3) is 0 Å². The molecule has 1 aromatic heterocycles. The van der Waals surface area contributed by atoms with Crippen LogP contribution in [0, 0.1) is 28.6 Å². The Balaban J connectivity index is 1.55. The third-order valence-corrected chi connectivity index (χ3v) is 4.41. The molecule has 1 aromatic carbocycles. The summed E-state index contributed by atoms with van der Waals surface area (Å²) in [5, 5.41) is 21.1. The van der Waals surface area contributed by atoms with E-state index in [0.717, 1.165) is 19.5 Å². The molecule has 2 atom stereocenters. The molecule has 120 valence electrons. The van der Waals surface area contributed by atoms with Gasteiger partial charge >= 0.3 is 0 Å². The van der Waals surface area contributed by atoms with E-state index in [4.69, 9.17) is 15.3 Å². The van der Waals surface area contributed by atoms with Crippen molar-refractivity contribution in [1.82, 2.24) is 10.3 Å². The van der Waals surface area contributed by atoms with Crippen LogP contribution in [0.1, 0.15) is 29.0 Å². The van der Waals surface area contributed by atoms with Crippen LogP contribution in [-0.2, 0) is 0 Å². The van der Waals surface area contributed by atoms with E-state index in [1.54, 1.807) is 12.1 Å². The summed E-state index contributed by atoms with van der Waals surface area (Å²) < 4.78 is 5.70. The minimum absolute atomic E-state index is 0.440. The van der Waals surface area contributed by atoms with Gasteiger partial charge in [0.15, 0.2) is 0 Å². The maximum absolute atomic E-state index is 8.90. The highest BCUT2D eigenvalue weighted by Gasteiger charge is 2.28. The Labute approximate surface area is 141 Å². The van der Waals surface area contributed by atoms with Gasteiger partial charge in [-0.2, -0.15) is 10.5 Å². The molecule has 0 saturated carbocycles. The third kappa shape index (κ3) is 3.71. The van der Waals surface area contributed by atoms with Crippen molar-refractivity contribution in [3.63, 3.8) is 0 Å². The molecule has 2 unspecified atom stereocenters. The van der Waals surface area contributed by atoms with Gasteiger partial charge in [-0.05, 0) is 42.6 Å². The molecule has 1 aliphatic rings. The molecule has 1 aliphatic heterocycles. The Bertz CT molecular complexity index is 756. The fourth-order valence-corrected chi connectivity index (χ4v) is 3.08. The first-order chi connectivity index (χ1) is 11.8. The number of rotatable bonds is 5. The highest BCUT2D eigenvalue weighted by Crippen LogP contribution is 2.30. The standard InChI is InChI=1S/C19H18N4O/c20-9-14-1-4-16(5-2-14)18-13-22-12-17(18)7-8-24-19-6-3-15(10-21)11-23-19/h1-6,11,17-18,22H,7-8,12-13H2. The van der Waals surface area contributed by atoms with Crippen molar-refractivity contribution in [3.05, 3.63) is 59.3 Å². The van der Waals surface area contributed by atoms with Crippen LogP contribution < -0.4 is 10.1 Å². The predicted molar refractivity (Wildman–Crippen MR) is 89.3 cm³/mol. The monoisotopic (exact) mass is 318 g/mol. The van der Waals surface area contributed by atoms with Crippen molar-refractivity contribution in [2.24, 2.45) is 5.92 Å². The number of hydrogen-bond acceptors (Lipinski definition) is 5. The van der Waals surface area contributed by atoms with Gasteiger partial charge in [0.05, 0.1) is 23.8 Å². The topological polar surface area (TPSA) is 81.7 Å². The summed E-state index contributed by atoms with van der Waals surface area (Å²) in [7, 11) is 0. The van der Waals surface area contributed by atoms with Crippen molar-refractivity contribution in [1.29, 1.82) is 10.5 Å². The molecule has 2 aromatic rings. The number of benzene rings is 1. The minimum Gasteiger partial charge on any atom is -0.478 e. The zero-order chi connectivity index (χ0) is 16.8. The molecule has 5 heteroatoms. The lowest BCUT2D eigenvalue weighted by atomic mass is 9.87. The van der Waals surface area contributed by atoms with E-state index in [9.17, 15) is 0 Å².